The highest BCUT2D eigenvalue weighted by molar-refractivity contribution is 7.87. The van der Waals surface area contributed by atoms with Gasteiger partial charge in [-0.15, -0.1) is 0 Å². The van der Waals surface area contributed by atoms with E-state index in [9.17, 15) is 8.42 Å². The maximum absolute atomic E-state index is 12.0. The van der Waals surface area contributed by atoms with E-state index in [0.717, 1.165) is 5.56 Å². The second-order valence-electron chi connectivity index (χ2n) is 5.36. The third kappa shape index (κ3) is 4.64. The van der Waals surface area contributed by atoms with Gasteiger partial charge in [0, 0.05) is 24.8 Å². The van der Waals surface area contributed by atoms with Crippen molar-refractivity contribution in [2.75, 3.05) is 12.8 Å². The zero-order valence-electron chi connectivity index (χ0n) is 11.3. The van der Waals surface area contributed by atoms with Crippen LogP contribution in [0.5, 0.6) is 0 Å². The molecule has 0 aliphatic rings. The Morgan fingerprint density at radius 3 is 2.44 bits per heavy atom. The smallest absolute Gasteiger partial charge is 0.279 e. The fourth-order valence-electron chi connectivity index (χ4n) is 1.50. The topological polar surface area (TPSA) is 75.4 Å². The van der Waals surface area contributed by atoms with Gasteiger partial charge in [-0.2, -0.15) is 17.4 Å². The number of nitrogens with zero attached hydrogens (tertiary/aromatic N) is 1. The number of hydrogen-bond acceptors (Lipinski definition) is 3. The van der Waals surface area contributed by atoms with Gasteiger partial charge in [-0.3, -0.25) is 0 Å². The fourth-order valence-corrected chi connectivity index (χ4v) is 2.75. The minimum atomic E-state index is -3.49. The highest BCUT2D eigenvalue weighted by Crippen LogP contribution is 2.12. The van der Waals surface area contributed by atoms with E-state index in [1.807, 2.05) is 12.1 Å². The quantitative estimate of drug-likeness (QED) is 0.811. The van der Waals surface area contributed by atoms with Crippen molar-refractivity contribution in [1.82, 2.24) is 9.03 Å². The van der Waals surface area contributed by atoms with Gasteiger partial charge in [-0.1, -0.05) is 12.1 Å². The summed E-state index contributed by atoms with van der Waals surface area (Å²) >= 11 is 0. The third-order valence-electron chi connectivity index (χ3n) is 2.20. The van der Waals surface area contributed by atoms with Crippen molar-refractivity contribution < 1.29 is 8.42 Å². The largest absolute Gasteiger partial charge is 0.399 e. The maximum Gasteiger partial charge on any atom is 0.279 e. The Labute approximate surface area is 109 Å². The van der Waals surface area contributed by atoms with Gasteiger partial charge in [0.2, 0.25) is 0 Å². The fraction of sp³-hybridized carbons (Fsp3) is 0.500. The molecule has 6 heteroatoms. The molecule has 0 saturated heterocycles. The lowest BCUT2D eigenvalue weighted by Gasteiger charge is -2.25. The lowest BCUT2D eigenvalue weighted by molar-refractivity contribution is 0.421. The van der Waals surface area contributed by atoms with E-state index in [0.29, 0.717) is 5.69 Å². The van der Waals surface area contributed by atoms with Crippen LogP contribution in [0.2, 0.25) is 0 Å². The number of nitrogens with two attached hydrogens (primary N) is 1. The second-order valence-corrected chi connectivity index (χ2v) is 7.14. The van der Waals surface area contributed by atoms with Crippen LogP contribution >= 0.6 is 0 Å². The summed E-state index contributed by atoms with van der Waals surface area (Å²) in [6.45, 7) is 5.70. The first kappa shape index (κ1) is 14.9. The number of hydrogen-bond donors (Lipinski definition) is 2. The van der Waals surface area contributed by atoms with Gasteiger partial charge in [0.1, 0.15) is 0 Å². The molecule has 0 aromatic heterocycles. The van der Waals surface area contributed by atoms with Crippen molar-refractivity contribution in [3.05, 3.63) is 29.8 Å². The molecule has 3 N–H and O–H groups in total. The zero-order chi connectivity index (χ0) is 14.0. The predicted octanol–water partition coefficient (Wildman–Crippen LogP) is 1.33. The van der Waals surface area contributed by atoms with Crippen molar-refractivity contribution in [3.63, 3.8) is 0 Å². The van der Waals surface area contributed by atoms with Crippen LogP contribution in [0.3, 0.4) is 0 Å². The van der Waals surface area contributed by atoms with Crippen LogP contribution < -0.4 is 10.5 Å². The molecule has 0 amide bonds. The Balaban J connectivity index is 2.79. The monoisotopic (exact) mass is 271 g/mol. The summed E-state index contributed by atoms with van der Waals surface area (Å²) < 4.78 is 27.9. The molecule has 1 aromatic rings. The average molecular weight is 271 g/mol. The van der Waals surface area contributed by atoms with Gasteiger partial charge >= 0.3 is 0 Å². The molecular formula is C12H21N3O2S. The number of anilines is 1. The molecule has 1 rings (SSSR count). The van der Waals surface area contributed by atoms with E-state index < -0.39 is 15.7 Å². The van der Waals surface area contributed by atoms with Crippen LogP contribution in [0.15, 0.2) is 24.3 Å². The Bertz CT molecular complexity index is 506. The van der Waals surface area contributed by atoms with Crippen LogP contribution in [0, 0.1) is 0 Å². The highest BCUT2D eigenvalue weighted by Gasteiger charge is 2.24. The van der Waals surface area contributed by atoms with E-state index in [2.05, 4.69) is 4.72 Å². The lowest BCUT2D eigenvalue weighted by Crippen LogP contribution is -2.47. The molecule has 0 radical (unpaired) electrons. The van der Waals surface area contributed by atoms with Gasteiger partial charge in [0.25, 0.3) is 10.2 Å². The third-order valence-corrected chi connectivity index (χ3v) is 4.02. The molecule has 0 aliphatic heterocycles. The average Bonchev–Trinajstić information content (AvgIpc) is 2.13. The van der Waals surface area contributed by atoms with Gasteiger partial charge < -0.3 is 5.73 Å². The van der Waals surface area contributed by atoms with Gasteiger partial charge in [-0.25, -0.2) is 0 Å². The first-order valence-corrected chi connectivity index (χ1v) is 7.14. The molecule has 0 heterocycles. The minimum absolute atomic E-state index is 0.288. The van der Waals surface area contributed by atoms with Crippen LogP contribution in [0.25, 0.3) is 0 Å². The molecule has 1 aromatic carbocycles. The van der Waals surface area contributed by atoms with Crippen molar-refractivity contribution in [3.8, 4) is 0 Å². The van der Waals surface area contributed by atoms with E-state index >= 15 is 0 Å². The summed E-state index contributed by atoms with van der Waals surface area (Å²) in [6, 6.07) is 7.19. The van der Waals surface area contributed by atoms with Crippen LogP contribution in [0.4, 0.5) is 5.69 Å². The molecule has 18 heavy (non-hydrogen) atoms. The van der Waals surface area contributed by atoms with E-state index in [1.165, 1.54) is 11.4 Å². The summed E-state index contributed by atoms with van der Waals surface area (Å²) in [5.74, 6) is 0. The lowest BCUT2D eigenvalue weighted by atomic mass is 10.1. The Morgan fingerprint density at radius 1 is 1.33 bits per heavy atom. The van der Waals surface area contributed by atoms with Crippen molar-refractivity contribution in [1.29, 1.82) is 0 Å². The molecule has 0 saturated carbocycles. The molecule has 5 nitrogen and oxygen atoms in total. The highest BCUT2D eigenvalue weighted by atomic mass is 32.2. The number of nitrogen functional groups attached to an aromatic ring is 1. The summed E-state index contributed by atoms with van der Waals surface area (Å²) in [5, 5.41) is 0. The standard InChI is InChI=1S/C12H21N3O2S/c1-12(2,3)14-18(16,17)15(4)9-10-6-5-7-11(13)8-10/h5-8,14H,9,13H2,1-4H3. The maximum atomic E-state index is 12.0. The van der Waals surface area contributed by atoms with Crippen LogP contribution in [-0.4, -0.2) is 25.3 Å². The molecule has 102 valence electrons. The number of rotatable bonds is 4. The van der Waals surface area contributed by atoms with Crippen molar-refractivity contribution in [2.24, 2.45) is 0 Å². The summed E-state index contributed by atoms with van der Waals surface area (Å²) in [5.41, 5.74) is 6.65. The van der Waals surface area contributed by atoms with Crippen LogP contribution in [-0.2, 0) is 16.8 Å². The summed E-state index contributed by atoms with van der Waals surface area (Å²) in [6.07, 6.45) is 0. The Morgan fingerprint density at radius 2 is 1.94 bits per heavy atom. The zero-order valence-corrected chi connectivity index (χ0v) is 12.1. The Hall–Kier alpha value is -1.11. The SMILES string of the molecule is CN(Cc1cccc(N)c1)S(=O)(=O)NC(C)(C)C. The van der Waals surface area contributed by atoms with E-state index in [1.54, 1.807) is 32.9 Å². The molecule has 0 atom stereocenters. The summed E-state index contributed by atoms with van der Waals surface area (Å²) in [7, 11) is -1.95. The van der Waals surface area contributed by atoms with E-state index in [-0.39, 0.29) is 6.54 Å². The van der Waals surface area contributed by atoms with Crippen LogP contribution in [0.1, 0.15) is 26.3 Å². The molecular weight excluding hydrogens is 250 g/mol. The van der Waals surface area contributed by atoms with E-state index in [4.69, 9.17) is 5.73 Å². The van der Waals surface area contributed by atoms with Gasteiger partial charge in [0.15, 0.2) is 0 Å². The minimum Gasteiger partial charge on any atom is -0.399 e. The van der Waals surface area contributed by atoms with Crippen molar-refractivity contribution >= 4 is 15.9 Å². The molecule has 0 spiro atoms. The number of benzene rings is 1. The summed E-state index contributed by atoms with van der Waals surface area (Å²) in [4.78, 5) is 0. The normalized spacial score (nSPS) is 12.9. The Kier molecular flexibility index (Phi) is 4.37. The first-order chi connectivity index (χ1) is 8.10. The molecule has 0 fully saturated rings. The van der Waals surface area contributed by atoms with Gasteiger partial charge in [0.05, 0.1) is 0 Å². The second kappa shape index (κ2) is 5.26. The molecule has 0 bridgehead atoms. The first-order valence-electron chi connectivity index (χ1n) is 5.70. The van der Waals surface area contributed by atoms with Crippen molar-refractivity contribution in [2.45, 2.75) is 32.9 Å². The predicted molar refractivity (Wildman–Crippen MR) is 74.1 cm³/mol. The molecule has 0 unspecified atom stereocenters. The molecule has 0 aliphatic carbocycles. The number of nitrogens with one attached hydrogen (secondary N) is 1. The van der Waals surface area contributed by atoms with Gasteiger partial charge in [-0.05, 0) is 38.5 Å².